The smallest absolute Gasteiger partial charge is 0.217 e. The second kappa shape index (κ2) is 28.0. The van der Waals surface area contributed by atoms with E-state index in [0.29, 0.717) is 24.7 Å². The van der Waals surface area contributed by atoms with Gasteiger partial charge in [-0.15, -0.1) is 0 Å². The highest BCUT2D eigenvalue weighted by molar-refractivity contribution is 5.90. The van der Waals surface area contributed by atoms with Crippen LogP contribution in [0.5, 0.6) is 0 Å². The number of nitrogens with one attached hydrogen (secondary N) is 2. The third-order valence-corrected chi connectivity index (χ3v) is 21.2. The van der Waals surface area contributed by atoms with Crippen LogP contribution in [0.25, 0.3) is 0 Å². The lowest BCUT2D eigenvalue weighted by molar-refractivity contribution is -0.375. The van der Waals surface area contributed by atoms with Crippen LogP contribution in [0.1, 0.15) is 120 Å². The molecule has 7 fully saturated rings. The molecule has 5 heterocycles. The fourth-order valence-corrected chi connectivity index (χ4v) is 16.7. The van der Waals surface area contributed by atoms with Crippen molar-refractivity contribution in [3.8, 4) is 0 Å². The van der Waals surface area contributed by atoms with Gasteiger partial charge in [0, 0.05) is 20.3 Å². The van der Waals surface area contributed by atoms with Crippen LogP contribution in [0.3, 0.4) is 0 Å². The summed E-state index contributed by atoms with van der Waals surface area (Å²) in [7, 11) is 0. The van der Waals surface area contributed by atoms with Gasteiger partial charge in [-0.1, -0.05) is 51.3 Å². The maximum Gasteiger partial charge on any atom is 0.217 e. The number of ketones is 1. The maximum atomic E-state index is 13.0. The Morgan fingerprint density at radius 3 is 1.80 bits per heavy atom. The van der Waals surface area contributed by atoms with Crippen LogP contribution in [0, 0.1) is 39.9 Å². The second-order valence-corrected chi connectivity index (χ2v) is 27.7. The quantitative estimate of drug-likeness (QED) is 0.0489. The highest BCUT2D eigenvalue weighted by Crippen LogP contribution is 2.68. The van der Waals surface area contributed by atoms with Crippen LogP contribution in [-0.2, 0) is 61.8 Å². The van der Waals surface area contributed by atoms with Gasteiger partial charge in [0.05, 0.1) is 39.1 Å². The summed E-state index contributed by atoms with van der Waals surface area (Å²) in [5.74, 6) is 0.0789. The molecule has 9 aliphatic rings. The van der Waals surface area contributed by atoms with Crippen molar-refractivity contribution in [1.82, 2.24) is 10.6 Å². The molecule has 0 spiro atoms. The van der Waals surface area contributed by atoms with Crippen molar-refractivity contribution < 1.29 is 123 Å². The largest absolute Gasteiger partial charge is 0.394 e. The zero-order chi connectivity index (χ0) is 64.2. The summed E-state index contributed by atoms with van der Waals surface area (Å²) in [5.41, 5.74) is 3.46. The first-order valence-corrected chi connectivity index (χ1v) is 31.3. The molecule has 9 rings (SSSR count). The van der Waals surface area contributed by atoms with Crippen molar-refractivity contribution in [2.45, 2.75) is 267 Å². The minimum absolute atomic E-state index is 0.0754. The van der Waals surface area contributed by atoms with Crippen LogP contribution in [-0.4, -0.2) is 259 Å². The van der Waals surface area contributed by atoms with E-state index in [0.717, 1.165) is 57.4 Å². The number of hydrogen-bond acceptors (Lipinski definition) is 25. The fourth-order valence-electron chi connectivity index (χ4n) is 16.7. The van der Waals surface area contributed by atoms with Crippen LogP contribution in [0.15, 0.2) is 22.8 Å². The molecule has 0 radical (unpaired) electrons. The van der Waals surface area contributed by atoms with E-state index >= 15 is 0 Å². The van der Waals surface area contributed by atoms with Gasteiger partial charge >= 0.3 is 0 Å². The SMILES string of the molecule is CC(=O)NC1C(O)[C@H](O)C(CO[C@@H]2OC[C@@H](O)C(O)C2O[C@@H]2OC(CO)[C@@H](O)C(O)C2O)O[C@H]1OC1C(O)[C@H](O[C@@H]2OC(CO)[C@H](O)C(O)C2NC(C)=O)CO[C@H]1O[C@H]1CC[C@]2(C)C3=C(CC[C@H]2C1(C)C)[C@@H]1CC[C@H]([C@H](C)CC(=O)C=C(C)C)[C@@]1(C)CC3. The van der Waals surface area contributed by atoms with Crippen LogP contribution >= 0.6 is 0 Å². The molecular weight excluding hydrogens is 1160 g/mol. The Morgan fingerprint density at radius 2 is 1.17 bits per heavy atom. The summed E-state index contributed by atoms with van der Waals surface area (Å²) in [6.45, 7) is 14.4. The first kappa shape index (κ1) is 69.5. The maximum absolute atomic E-state index is 13.0. The van der Waals surface area contributed by atoms with E-state index < -0.39 is 198 Å². The Labute approximate surface area is 512 Å². The summed E-state index contributed by atoms with van der Waals surface area (Å²) < 4.78 is 61.7. The first-order chi connectivity index (χ1) is 41.4. The Morgan fingerprint density at radius 1 is 0.602 bits per heavy atom. The molecular formula is C61H98N2O25. The van der Waals surface area contributed by atoms with Gasteiger partial charge in [-0.3, -0.25) is 14.4 Å². The zero-order valence-corrected chi connectivity index (χ0v) is 51.8. The third kappa shape index (κ3) is 13.8. The van der Waals surface area contributed by atoms with Crippen molar-refractivity contribution >= 4 is 17.6 Å². The highest BCUT2D eigenvalue weighted by Gasteiger charge is 2.62. The number of aliphatic hydroxyl groups excluding tert-OH is 12. The van der Waals surface area contributed by atoms with E-state index in [1.54, 1.807) is 11.6 Å². The minimum atomic E-state index is -1.93. The van der Waals surface area contributed by atoms with Gasteiger partial charge in [-0.25, -0.2) is 0 Å². The monoisotopic (exact) mass is 1260 g/mol. The molecule has 5 saturated heterocycles. The summed E-state index contributed by atoms with van der Waals surface area (Å²) in [6.07, 6.45) is -26.4. The molecule has 0 bridgehead atoms. The molecule has 0 aromatic carbocycles. The average molecular weight is 1260 g/mol. The Hall–Kier alpha value is -2.79. The molecule has 30 atom stereocenters. The van der Waals surface area contributed by atoms with Gasteiger partial charge < -0.3 is 119 Å². The number of allylic oxidation sites excluding steroid dienone is 4. The number of hydrogen-bond donors (Lipinski definition) is 14. The number of rotatable bonds is 19. The number of aliphatic hydroxyl groups is 12. The van der Waals surface area contributed by atoms with Gasteiger partial charge in [-0.2, -0.15) is 0 Å². The predicted octanol–water partition coefficient (Wildman–Crippen LogP) is -2.05. The fraction of sp³-hybridized carbons (Fsp3) is 0.885. The normalized spacial score (nSPS) is 47.2. The predicted molar refractivity (Wildman–Crippen MR) is 303 cm³/mol. The first-order valence-electron chi connectivity index (χ1n) is 31.3. The zero-order valence-electron chi connectivity index (χ0n) is 51.8. The van der Waals surface area contributed by atoms with Crippen LogP contribution < -0.4 is 10.6 Å². The van der Waals surface area contributed by atoms with Gasteiger partial charge in [0.1, 0.15) is 110 Å². The second-order valence-electron chi connectivity index (χ2n) is 27.7. The van der Waals surface area contributed by atoms with Gasteiger partial charge in [0.25, 0.3) is 0 Å². The molecule has 2 amide bonds. The van der Waals surface area contributed by atoms with E-state index in [2.05, 4.69) is 45.3 Å². The molecule has 0 aromatic heterocycles. The molecule has 5 aliphatic heterocycles. The molecule has 27 nitrogen and oxygen atoms in total. The lowest BCUT2D eigenvalue weighted by Crippen LogP contribution is -2.68. The molecule has 2 saturated carbocycles. The average Bonchev–Trinajstić information content (AvgIpc) is 1.34. The number of ether oxygens (including phenoxy) is 10. The van der Waals surface area contributed by atoms with Crippen molar-refractivity contribution in [3.05, 3.63) is 22.8 Å². The van der Waals surface area contributed by atoms with Crippen molar-refractivity contribution in [2.75, 3.05) is 33.0 Å². The molecule has 14 N–H and O–H groups in total. The van der Waals surface area contributed by atoms with E-state index in [1.807, 2.05) is 13.8 Å². The molecule has 502 valence electrons. The van der Waals surface area contributed by atoms with E-state index in [-0.39, 0.29) is 28.4 Å². The standard InChI is InChI=1S/C61H98N2O25/c1-25(2)18-29(68)19-26(3)31-11-12-32-30-10-13-39-59(6,7)40(15-17-61(39,9)33(30)14-16-60(31,32)8)86-58-53(47(74)38(24-81-58)85-54-41(62-27(4)66)48(75)44(71)35(20-64)82-54)87-55-42(63-28(5)67)49(76)46(73)37(84-55)23-80-57-52(43(70)34(69)22-79-57)88-56-51(78)50(77)45(72)36(21-65)83-56/h18,26,31-32,34-58,64-65,69-78H,10-17,19-24H2,1-9H3,(H,62,66)(H,63,67)/t26-,31-,32+,34-,35?,36?,37?,38-,39+,40+,41?,42?,43?,44+,45-,46-,47?,48?,49?,50?,51?,52?,53?,54+,55+,56+,57+,58+,60-,61-/m1/s1. The van der Waals surface area contributed by atoms with E-state index in [1.165, 1.54) is 12.5 Å². The van der Waals surface area contributed by atoms with Crippen LogP contribution in [0.2, 0.25) is 0 Å². The number of carbonyl (C=O) groups is 3. The van der Waals surface area contributed by atoms with Crippen molar-refractivity contribution in [1.29, 1.82) is 0 Å². The Bertz CT molecular complexity index is 2480. The number of carbonyl (C=O) groups excluding carboxylic acids is 3. The Balaban J connectivity index is 0.974. The summed E-state index contributed by atoms with van der Waals surface area (Å²) in [5, 5.41) is 136. The van der Waals surface area contributed by atoms with Gasteiger partial charge in [-0.05, 0) is 111 Å². The topological polar surface area (TPSA) is 410 Å². The summed E-state index contributed by atoms with van der Waals surface area (Å²) >= 11 is 0. The third-order valence-electron chi connectivity index (χ3n) is 21.2. The van der Waals surface area contributed by atoms with E-state index in [9.17, 15) is 75.7 Å². The Kier molecular flexibility index (Phi) is 22.2. The van der Waals surface area contributed by atoms with E-state index in [4.69, 9.17) is 47.4 Å². The minimum Gasteiger partial charge on any atom is -0.394 e. The highest BCUT2D eigenvalue weighted by atomic mass is 16.8. The number of amides is 2. The summed E-state index contributed by atoms with van der Waals surface area (Å²) in [6, 6.07) is -3.00. The lowest BCUT2D eigenvalue weighted by Gasteiger charge is -2.61. The summed E-state index contributed by atoms with van der Waals surface area (Å²) in [4.78, 5) is 38.4. The molecule has 0 aromatic rings. The van der Waals surface area contributed by atoms with Gasteiger partial charge in [0.2, 0.25) is 11.8 Å². The molecule has 27 heteroatoms. The van der Waals surface area contributed by atoms with Crippen molar-refractivity contribution in [2.24, 2.45) is 39.9 Å². The molecule has 4 aliphatic carbocycles. The molecule has 13 unspecified atom stereocenters. The van der Waals surface area contributed by atoms with Gasteiger partial charge in [0.15, 0.2) is 37.2 Å². The van der Waals surface area contributed by atoms with Crippen molar-refractivity contribution in [3.63, 3.8) is 0 Å². The lowest BCUT2D eigenvalue weighted by atomic mass is 9.45. The van der Waals surface area contributed by atoms with Crippen LogP contribution in [0.4, 0.5) is 0 Å². The number of fused-ring (bicyclic) bond motifs is 4. The molecule has 88 heavy (non-hydrogen) atoms.